The molecule has 4 aromatic rings. The molecule has 0 saturated heterocycles. The lowest BCUT2D eigenvalue weighted by molar-refractivity contribution is 0.0949. The molecule has 0 radical (unpaired) electrons. The van der Waals surface area contributed by atoms with Crippen molar-refractivity contribution >= 4 is 22.4 Å². The van der Waals surface area contributed by atoms with Gasteiger partial charge in [0.25, 0.3) is 5.91 Å². The number of anilines is 1. The second kappa shape index (κ2) is 12.6. The molecule has 1 heterocycles. The van der Waals surface area contributed by atoms with Crippen molar-refractivity contribution in [3.05, 3.63) is 94.6 Å². The predicted molar refractivity (Wildman–Crippen MR) is 151 cm³/mol. The van der Waals surface area contributed by atoms with Crippen molar-refractivity contribution in [2.45, 2.75) is 26.9 Å². The third-order valence-corrected chi connectivity index (χ3v) is 6.91. The summed E-state index contributed by atoms with van der Waals surface area (Å²) in [5, 5.41) is 5.74. The fourth-order valence-electron chi connectivity index (χ4n) is 4.02. The lowest BCUT2D eigenvalue weighted by Gasteiger charge is -2.24. The third kappa shape index (κ3) is 6.69. The molecular weight excluding hydrogens is 501 g/mol. The molecule has 6 nitrogen and oxygen atoms in total. The zero-order valence-corrected chi connectivity index (χ0v) is 22.8. The Bertz CT molecular complexity index is 1350. The van der Waals surface area contributed by atoms with Gasteiger partial charge in [-0.15, -0.1) is 11.3 Å². The van der Waals surface area contributed by atoms with Crippen LogP contribution in [0, 0.1) is 11.7 Å². The molecular formula is C30H32FN3O3S. The van der Waals surface area contributed by atoms with Gasteiger partial charge in [0, 0.05) is 41.7 Å². The van der Waals surface area contributed by atoms with Crippen LogP contribution in [0.25, 0.3) is 11.3 Å². The van der Waals surface area contributed by atoms with Crippen LogP contribution in [-0.4, -0.2) is 31.7 Å². The number of carbonyl (C=O) groups is 1. The number of halogens is 1. The van der Waals surface area contributed by atoms with Gasteiger partial charge in [-0.2, -0.15) is 0 Å². The minimum atomic E-state index is -0.280. The summed E-state index contributed by atoms with van der Waals surface area (Å²) in [5.41, 5.74) is 4.25. The number of para-hydroxylation sites is 1. The van der Waals surface area contributed by atoms with Crippen molar-refractivity contribution in [3.63, 3.8) is 0 Å². The van der Waals surface area contributed by atoms with Gasteiger partial charge >= 0.3 is 0 Å². The smallest absolute Gasteiger partial charge is 0.251 e. The third-order valence-electron chi connectivity index (χ3n) is 6.01. The monoisotopic (exact) mass is 533 g/mol. The molecule has 198 valence electrons. The summed E-state index contributed by atoms with van der Waals surface area (Å²) in [4.78, 5) is 19.5. The van der Waals surface area contributed by atoms with Crippen molar-refractivity contribution in [2.24, 2.45) is 5.92 Å². The molecule has 38 heavy (non-hydrogen) atoms. The molecule has 0 fully saturated rings. The first-order chi connectivity index (χ1) is 18.4. The molecule has 1 aromatic heterocycles. The van der Waals surface area contributed by atoms with Crippen LogP contribution < -0.4 is 19.7 Å². The Kier molecular flexibility index (Phi) is 8.97. The van der Waals surface area contributed by atoms with E-state index in [1.54, 1.807) is 26.4 Å². The predicted octanol–water partition coefficient (Wildman–Crippen LogP) is 6.56. The number of hydrogen-bond donors (Lipinski definition) is 1. The molecule has 3 aromatic carbocycles. The number of hydrogen-bond acceptors (Lipinski definition) is 6. The van der Waals surface area contributed by atoms with Crippen molar-refractivity contribution in [2.75, 3.05) is 25.7 Å². The Balaban J connectivity index is 1.62. The van der Waals surface area contributed by atoms with Crippen molar-refractivity contribution in [1.29, 1.82) is 0 Å². The number of thiazole rings is 1. The normalized spacial score (nSPS) is 10.9. The number of amides is 1. The largest absolute Gasteiger partial charge is 0.493 e. The van der Waals surface area contributed by atoms with Gasteiger partial charge in [-0.1, -0.05) is 38.1 Å². The second-order valence-corrected chi connectivity index (χ2v) is 10.2. The van der Waals surface area contributed by atoms with Crippen LogP contribution in [-0.2, 0) is 13.1 Å². The quantitative estimate of drug-likeness (QED) is 0.237. The summed E-state index contributed by atoms with van der Waals surface area (Å²) in [6.07, 6.45) is 0. The Labute approximate surface area is 227 Å². The number of ether oxygens (including phenoxy) is 2. The molecule has 8 heteroatoms. The first kappa shape index (κ1) is 27.1. The van der Waals surface area contributed by atoms with Gasteiger partial charge in [-0.05, 0) is 53.9 Å². The highest BCUT2D eigenvalue weighted by Crippen LogP contribution is 2.35. The average molecular weight is 534 g/mol. The Morgan fingerprint density at radius 2 is 1.74 bits per heavy atom. The summed E-state index contributed by atoms with van der Waals surface area (Å²) >= 11 is 1.52. The molecule has 4 rings (SSSR count). The fraction of sp³-hybridized carbons (Fsp3) is 0.267. The van der Waals surface area contributed by atoms with Crippen LogP contribution >= 0.6 is 11.3 Å². The summed E-state index contributed by atoms with van der Waals surface area (Å²) in [5.74, 6) is 1.36. The summed E-state index contributed by atoms with van der Waals surface area (Å²) in [6.45, 7) is 5.85. The lowest BCUT2D eigenvalue weighted by atomic mass is 10.1. The van der Waals surface area contributed by atoms with Gasteiger partial charge < -0.3 is 19.7 Å². The maximum absolute atomic E-state index is 13.4. The summed E-state index contributed by atoms with van der Waals surface area (Å²) in [7, 11) is 3.25. The van der Waals surface area contributed by atoms with Crippen molar-refractivity contribution in [1.82, 2.24) is 10.3 Å². The Hall–Kier alpha value is -3.91. The van der Waals surface area contributed by atoms with Crippen molar-refractivity contribution in [3.8, 4) is 22.8 Å². The van der Waals surface area contributed by atoms with E-state index in [4.69, 9.17) is 14.5 Å². The van der Waals surface area contributed by atoms with E-state index >= 15 is 0 Å². The van der Waals surface area contributed by atoms with Gasteiger partial charge in [-0.25, -0.2) is 9.37 Å². The summed E-state index contributed by atoms with van der Waals surface area (Å²) < 4.78 is 24.6. The van der Waals surface area contributed by atoms with Gasteiger partial charge in [0.2, 0.25) is 0 Å². The van der Waals surface area contributed by atoms with Crippen LogP contribution in [0.15, 0.2) is 72.1 Å². The minimum absolute atomic E-state index is 0.0768. The van der Waals surface area contributed by atoms with E-state index in [1.807, 2.05) is 47.8 Å². The molecule has 0 spiro atoms. The first-order valence-electron chi connectivity index (χ1n) is 12.4. The molecule has 0 aliphatic heterocycles. The number of rotatable bonds is 11. The number of benzene rings is 3. The molecule has 0 aliphatic carbocycles. The van der Waals surface area contributed by atoms with E-state index in [9.17, 15) is 9.18 Å². The van der Waals surface area contributed by atoms with Gasteiger partial charge in [0.1, 0.15) is 5.82 Å². The Morgan fingerprint density at radius 3 is 2.39 bits per heavy atom. The average Bonchev–Trinajstić information content (AvgIpc) is 3.42. The molecule has 0 unspecified atom stereocenters. The van der Waals surface area contributed by atoms with E-state index in [-0.39, 0.29) is 11.7 Å². The summed E-state index contributed by atoms with van der Waals surface area (Å²) in [6, 6.07) is 19.8. The molecule has 0 bridgehead atoms. The minimum Gasteiger partial charge on any atom is -0.493 e. The van der Waals surface area contributed by atoms with Crippen LogP contribution in [0.2, 0.25) is 0 Å². The highest BCUT2D eigenvalue weighted by atomic mass is 32.1. The maximum atomic E-state index is 13.4. The van der Waals surface area contributed by atoms with E-state index < -0.39 is 0 Å². The first-order valence-corrected chi connectivity index (χ1v) is 13.3. The maximum Gasteiger partial charge on any atom is 0.251 e. The topological polar surface area (TPSA) is 63.7 Å². The van der Waals surface area contributed by atoms with E-state index in [0.717, 1.165) is 27.5 Å². The number of aromatic nitrogens is 1. The fourth-order valence-corrected chi connectivity index (χ4v) is 4.85. The molecule has 0 atom stereocenters. The van der Waals surface area contributed by atoms with E-state index in [2.05, 4.69) is 24.1 Å². The van der Waals surface area contributed by atoms with Crippen LogP contribution in [0.3, 0.4) is 0 Å². The van der Waals surface area contributed by atoms with Crippen LogP contribution in [0.5, 0.6) is 11.5 Å². The molecule has 0 saturated carbocycles. The standard InChI is InChI=1S/C30H32FN3O3S/c1-20(2)16-32-29(35)23-10-8-21(9-11-23)17-34(18-24-6-5-7-27(36-3)28(24)37-4)30-33-26(19-38-30)22-12-14-25(31)15-13-22/h5-15,19-20H,16-18H2,1-4H3,(H,32,35). The second-order valence-electron chi connectivity index (χ2n) is 9.33. The molecule has 1 N–H and O–H groups in total. The highest BCUT2D eigenvalue weighted by molar-refractivity contribution is 7.14. The number of methoxy groups -OCH3 is 2. The number of carbonyl (C=O) groups excluding carboxylic acids is 1. The molecule has 0 aliphatic rings. The van der Waals surface area contributed by atoms with Crippen LogP contribution in [0.1, 0.15) is 35.3 Å². The lowest BCUT2D eigenvalue weighted by Crippen LogP contribution is -2.27. The Morgan fingerprint density at radius 1 is 1.00 bits per heavy atom. The SMILES string of the molecule is COc1cccc(CN(Cc2ccc(C(=O)NCC(C)C)cc2)c2nc(-c3ccc(F)cc3)cs2)c1OC. The highest BCUT2D eigenvalue weighted by Gasteiger charge is 2.18. The van der Waals surface area contributed by atoms with Crippen molar-refractivity contribution < 1.29 is 18.7 Å². The van der Waals surface area contributed by atoms with Crippen LogP contribution in [0.4, 0.5) is 9.52 Å². The number of nitrogens with one attached hydrogen (secondary N) is 1. The van der Waals surface area contributed by atoms with Gasteiger partial charge in [0.05, 0.1) is 19.9 Å². The zero-order valence-electron chi connectivity index (χ0n) is 22.0. The van der Waals surface area contributed by atoms with Gasteiger partial charge in [0.15, 0.2) is 16.6 Å². The van der Waals surface area contributed by atoms with E-state index in [1.165, 1.54) is 23.5 Å². The van der Waals surface area contributed by atoms with Gasteiger partial charge in [-0.3, -0.25) is 4.79 Å². The zero-order chi connectivity index (χ0) is 27.1. The number of nitrogens with zero attached hydrogens (tertiary/aromatic N) is 2. The van der Waals surface area contributed by atoms with E-state index in [0.29, 0.717) is 42.6 Å². The molecule has 1 amide bonds.